The SMILES string of the molecule is CCOC(=O)C1=C(CN2CCN(C(=O)c3ccccc3)CC2)N(C)C(=O)NC1c1ccc(OC)c(OC)c1. The topological polar surface area (TPSA) is 101 Å². The first-order chi connectivity index (χ1) is 18.4. The summed E-state index contributed by atoms with van der Waals surface area (Å²) in [4.78, 5) is 44.6. The summed E-state index contributed by atoms with van der Waals surface area (Å²) in [6.07, 6.45) is 0. The molecule has 1 saturated heterocycles. The van der Waals surface area contributed by atoms with Gasteiger partial charge in [0.2, 0.25) is 0 Å². The van der Waals surface area contributed by atoms with Crippen molar-refractivity contribution >= 4 is 17.9 Å². The van der Waals surface area contributed by atoms with Crippen molar-refractivity contribution in [1.82, 2.24) is 20.0 Å². The van der Waals surface area contributed by atoms with Crippen LogP contribution in [-0.2, 0) is 9.53 Å². The number of benzene rings is 2. The Morgan fingerprint density at radius 1 is 0.974 bits per heavy atom. The third-order valence-corrected chi connectivity index (χ3v) is 6.87. The lowest BCUT2D eigenvalue weighted by molar-refractivity contribution is -0.139. The smallest absolute Gasteiger partial charge is 0.338 e. The van der Waals surface area contributed by atoms with Crippen molar-refractivity contribution in [3.8, 4) is 11.5 Å². The average Bonchev–Trinajstić information content (AvgIpc) is 2.95. The van der Waals surface area contributed by atoms with Crippen molar-refractivity contribution in [2.45, 2.75) is 13.0 Å². The van der Waals surface area contributed by atoms with Crippen LogP contribution in [0.2, 0.25) is 0 Å². The molecule has 4 rings (SSSR count). The lowest BCUT2D eigenvalue weighted by atomic mass is 9.94. The first-order valence-electron chi connectivity index (χ1n) is 12.6. The first kappa shape index (κ1) is 27.0. The van der Waals surface area contributed by atoms with Crippen molar-refractivity contribution in [3.63, 3.8) is 0 Å². The summed E-state index contributed by atoms with van der Waals surface area (Å²) >= 11 is 0. The largest absolute Gasteiger partial charge is 0.493 e. The number of methoxy groups -OCH3 is 2. The summed E-state index contributed by atoms with van der Waals surface area (Å²) in [5.74, 6) is 0.536. The van der Waals surface area contributed by atoms with Gasteiger partial charge in [-0.1, -0.05) is 24.3 Å². The minimum atomic E-state index is -0.728. The van der Waals surface area contributed by atoms with Gasteiger partial charge in [0.1, 0.15) is 0 Å². The van der Waals surface area contributed by atoms with Gasteiger partial charge < -0.3 is 24.4 Å². The van der Waals surface area contributed by atoms with Crippen molar-refractivity contribution in [3.05, 3.63) is 70.9 Å². The second kappa shape index (κ2) is 12.0. The summed E-state index contributed by atoms with van der Waals surface area (Å²) in [7, 11) is 4.72. The van der Waals surface area contributed by atoms with Gasteiger partial charge in [0.25, 0.3) is 5.91 Å². The number of likely N-dealkylation sites (N-methyl/N-ethyl adjacent to an activating group) is 1. The number of esters is 1. The fourth-order valence-electron chi connectivity index (χ4n) is 4.76. The van der Waals surface area contributed by atoms with E-state index < -0.39 is 12.0 Å². The molecule has 3 amide bonds. The monoisotopic (exact) mass is 522 g/mol. The number of nitrogens with one attached hydrogen (secondary N) is 1. The van der Waals surface area contributed by atoms with Crippen molar-refractivity contribution in [1.29, 1.82) is 0 Å². The molecule has 0 radical (unpaired) electrons. The number of rotatable bonds is 8. The highest BCUT2D eigenvalue weighted by Gasteiger charge is 2.38. The van der Waals surface area contributed by atoms with Gasteiger partial charge in [-0.2, -0.15) is 0 Å². The zero-order valence-electron chi connectivity index (χ0n) is 22.2. The summed E-state index contributed by atoms with van der Waals surface area (Å²) < 4.78 is 16.2. The normalized spacial score (nSPS) is 18.2. The van der Waals surface area contributed by atoms with Crippen LogP contribution >= 0.6 is 0 Å². The number of hydrogen-bond acceptors (Lipinski definition) is 7. The molecule has 2 aliphatic heterocycles. The van der Waals surface area contributed by atoms with Crippen LogP contribution < -0.4 is 14.8 Å². The number of carbonyl (C=O) groups is 3. The fraction of sp³-hybridized carbons (Fsp3) is 0.393. The second-order valence-corrected chi connectivity index (χ2v) is 9.07. The van der Waals surface area contributed by atoms with E-state index in [1.165, 1.54) is 12.0 Å². The highest BCUT2D eigenvalue weighted by molar-refractivity contribution is 5.95. The third kappa shape index (κ3) is 5.60. The molecular formula is C28H34N4O6. The summed E-state index contributed by atoms with van der Waals surface area (Å²) in [5, 5.41) is 2.93. The van der Waals surface area contributed by atoms with Gasteiger partial charge in [-0.15, -0.1) is 0 Å². The van der Waals surface area contributed by atoms with Crippen LogP contribution in [0.3, 0.4) is 0 Å². The molecule has 0 aliphatic carbocycles. The highest BCUT2D eigenvalue weighted by Crippen LogP contribution is 2.36. The summed E-state index contributed by atoms with van der Waals surface area (Å²) in [6, 6.07) is 13.4. The summed E-state index contributed by atoms with van der Waals surface area (Å²) in [6.45, 7) is 4.61. The van der Waals surface area contributed by atoms with E-state index in [1.807, 2.05) is 35.2 Å². The van der Waals surface area contributed by atoms with Crippen molar-refractivity contribution in [2.24, 2.45) is 0 Å². The maximum absolute atomic E-state index is 13.3. The Labute approximate surface area is 222 Å². The maximum atomic E-state index is 13.3. The molecule has 0 saturated carbocycles. The second-order valence-electron chi connectivity index (χ2n) is 9.07. The van der Waals surface area contributed by atoms with Gasteiger partial charge >= 0.3 is 12.0 Å². The van der Waals surface area contributed by atoms with E-state index in [1.54, 1.807) is 39.3 Å². The van der Waals surface area contributed by atoms with Crippen LogP contribution in [0.15, 0.2) is 59.8 Å². The first-order valence-corrected chi connectivity index (χ1v) is 12.6. The van der Waals surface area contributed by atoms with E-state index in [-0.39, 0.29) is 18.5 Å². The molecule has 1 atom stereocenters. The zero-order chi connectivity index (χ0) is 27.2. The Bertz CT molecular complexity index is 1210. The van der Waals surface area contributed by atoms with E-state index >= 15 is 0 Å². The molecule has 2 heterocycles. The van der Waals surface area contributed by atoms with Gasteiger partial charge in [0.15, 0.2) is 11.5 Å². The van der Waals surface area contributed by atoms with Gasteiger partial charge in [-0.25, -0.2) is 9.59 Å². The molecule has 0 aromatic heterocycles. The van der Waals surface area contributed by atoms with E-state index in [9.17, 15) is 14.4 Å². The number of nitrogens with zero attached hydrogens (tertiary/aromatic N) is 3. The predicted molar refractivity (Wildman–Crippen MR) is 141 cm³/mol. The number of hydrogen-bond donors (Lipinski definition) is 1. The van der Waals surface area contributed by atoms with Crippen LogP contribution in [0.25, 0.3) is 0 Å². The van der Waals surface area contributed by atoms with Crippen LogP contribution in [0, 0.1) is 0 Å². The molecule has 2 aromatic rings. The van der Waals surface area contributed by atoms with Crippen LogP contribution in [0.5, 0.6) is 11.5 Å². The third-order valence-electron chi connectivity index (χ3n) is 6.87. The lowest BCUT2D eigenvalue weighted by Gasteiger charge is -2.39. The number of urea groups is 1. The van der Waals surface area contributed by atoms with E-state index in [0.29, 0.717) is 66.6 Å². The van der Waals surface area contributed by atoms with Crippen molar-refractivity contribution in [2.75, 3.05) is 60.6 Å². The summed E-state index contributed by atoms with van der Waals surface area (Å²) in [5.41, 5.74) is 2.26. The van der Waals surface area contributed by atoms with E-state index in [4.69, 9.17) is 14.2 Å². The highest BCUT2D eigenvalue weighted by atomic mass is 16.5. The van der Waals surface area contributed by atoms with Crippen LogP contribution in [0.1, 0.15) is 28.9 Å². The van der Waals surface area contributed by atoms with Crippen LogP contribution in [-0.4, -0.2) is 93.2 Å². The molecule has 1 fully saturated rings. The van der Waals surface area contributed by atoms with Crippen LogP contribution in [0.4, 0.5) is 4.79 Å². The minimum absolute atomic E-state index is 0.000595. The van der Waals surface area contributed by atoms with Gasteiger partial charge in [0.05, 0.1) is 32.4 Å². The fourth-order valence-corrected chi connectivity index (χ4v) is 4.76. The Morgan fingerprint density at radius 3 is 2.29 bits per heavy atom. The molecule has 10 nitrogen and oxygen atoms in total. The molecule has 38 heavy (non-hydrogen) atoms. The van der Waals surface area contributed by atoms with E-state index in [2.05, 4.69) is 10.2 Å². The molecule has 1 N–H and O–H groups in total. The van der Waals surface area contributed by atoms with Gasteiger partial charge in [-0.05, 0) is 36.8 Å². The number of piperazine rings is 1. The Hall–Kier alpha value is -4.05. The standard InChI is InChI=1S/C28H34N4O6/c1-5-38-27(34)24-21(18-31-13-15-32(16-14-31)26(33)19-9-7-6-8-10-19)30(2)28(35)29-25(24)20-11-12-22(36-3)23(17-20)37-4/h6-12,17,25H,5,13-16,18H2,1-4H3,(H,29,35). The Balaban J connectivity index is 1.61. The number of carbonyl (C=O) groups excluding carboxylic acids is 3. The molecule has 2 aromatic carbocycles. The molecule has 1 unspecified atom stereocenters. The molecular weight excluding hydrogens is 488 g/mol. The molecule has 10 heteroatoms. The Kier molecular flexibility index (Phi) is 8.52. The lowest BCUT2D eigenvalue weighted by Crippen LogP contribution is -2.53. The number of amides is 3. The minimum Gasteiger partial charge on any atom is -0.493 e. The number of ether oxygens (including phenoxy) is 3. The van der Waals surface area contributed by atoms with E-state index in [0.717, 1.165) is 0 Å². The van der Waals surface area contributed by atoms with Gasteiger partial charge in [-0.3, -0.25) is 14.6 Å². The maximum Gasteiger partial charge on any atom is 0.338 e. The average molecular weight is 523 g/mol. The molecule has 0 spiro atoms. The molecule has 202 valence electrons. The van der Waals surface area contributed by atoms with Gasteiger partial charge in [0, 0.05) is 51.0 Å². The molecule has 0 bridgehead atoms. The quantitative estimate of drug-likeness (QED) is 0.532. The van der Waals surface area contributed by atoms with Crippen molar-refractivity contribution < 1.29 is 28.6 Å². The molecule has 2 aliphatic rings. The predicted octanol–water partition coefficient (Wildman–Crippen LogP) is 2.68. The Morgan fingerprint density at radius 2 is 1.66 bits per heavy atom. The zero-order valence-corrected chi connectivity index (χ0v) is 22.2.